The zero-order valence-corrected chi connectivity index (χ0v) is 17.2. The summed E-state index contributed by atoms with van der Waals surface area (Å²) in [5, 5.41) is 6.54. The summed E-state index contributed by atoms with van der Waals surface area (Å²) < 4.78 is 13.8. The number of nitrogens with zero attached hydrogens (tertiary/aromatic N) is 2. The van der Waals surface area contributed by atoms with Gasteiger partial charge in [0.05, 0.1) is 6.04 Å². The van der Waals surface area contributed by atoms with Crippen molar-refractivity contribution in [3.05, 3.63) is 70.5 Å². The van der Waals surface area contributed by atoms with E-state index in [0.29, 0.717) is 23.6 Å². The lowest BCUT2D eigenvalue weighted by atomic mass is 10.1. The zero-order valence-electron chi connectivity index (χ0n) is 17.2. The lowest BCUT2D eigenvalue weighted by Crippen LogP contribution is -2.39. The molecule has 0 saturated carbocycles. The summed E-state index contributed by atoms with van der Waals surface area (Å²) in [4.78, 5) is 17.9. The Morgan fingerprint density at radius 3 is 2.61 bits per heavy atom. The predicted octanol–water partition coefficient (Wildman–Crippen LogP) is 3.30. The van der Waals surface area contributed by atoms with Gasteiger partial charge >= 0.3 is 0 Å². The van der Waals surface area contributed by atoms with E-state index in [2.05, 4.69) is 15.6 Å². The first-order valence-corrected chi connectivity index (χ1v) is 9.35. The number of rotatable bonds is 6. The van der Waals surface area contributed by atoms with Crippen molar-refractivity contribution >= 4 is 11.9 Å². The summed E-state index contributed by atoms with van der Waals surface area (Å²) in [5.41, 5.74) is 3.25. The number of benzene rings is 2. The van der Waals surface area contributed by atoms with Crippen LogP contribution in [0.25, 0.3) is 0 Å². The maximum absolute atomic E-state index is 13.8. The van der Waals surface area contributed by atoms with Gasteiger partial charge in [-0.2, -0.15) is 0 Å². The average Bonchev–Trinajstić information content (AvgIpc) is 2.68. The molecule has 0 aliphatic rings. The molecule has 2 rings (SSSR count). The lowest BCUT2D eigenvalue weighted by molar-refractivity contribution is 0.0827. The highest BCUT2D eigenvalue weighted by molar-refractivity contribution is 5.94. The van der Waals surface area contributed by atoms with E-state index in [0.717, 1.165) is 17.5 Å². The Morgan fingerprint density at radius 1 is 1.21 bits per heavy atom. The van der Waals surface area contributed by atoms with E-state index in [1.54, 1.807) is 45.1 Å². The molecule has 2 aromatic carbocycles. The summed E-state index contributed by atoms with van der Waals surface area (Å²) >= 11 is 0. The van der Waals surface area contributed by atoms with Crippen molar-refractivity contribution < 1.29 is 9.18 Å². The van der Waals surface area contributed by atoms with Gasteiger partial charge in [-0.05, 0) is 55.2 Å². The smallest absolute Gasteiger partial charge is 0.253 e. The van der Waals surface area contributed by atoms with Gasteiger partial charge in [0.2, 0.25) is 0 Å². The van der Waals surface area contributed by atoms with Crippen molar-refractivity contribution in [2.75, 3.05) is 27.7 Å². The third-order valence-corrected chi connectivity index (χ3v) is 4.56. The minimum absolute atomic E-state index is 0.00793. The van der Waals surface area contributed by atoms with Crippen molar-refractivity contribution in [1.29, 1.82) is 0 Å². The number of amides is 1. The van der Waals surface area contributed by atoms with Gasteiger partial charge in [0, 0.05) is 33.3 Å². The molecule has 28 heavy (non-hydrogen) atoms. The van der Waals surface area contributed by atoms with Gasteiger partial charge in [-0.15, -0.1) is 0 Å². The summed E-state index contributed by atoms with van der Waals surface area (Å²) in [6.45, 7) is 4.38. The Balaban J connectivity index is 1.91. The van der Waals surface area contributed by atoms with Crippen molar-refractivity contribution in [2.24, 2.45) is 4.99 Å². The highest BCUT2D eigenvalue weighted by atomic mass is 19.1. The molecule has 0 aliphatic heterocycles. The van der Waals surface area contributed by atoms with Crippen molar-refractivity contribution in [1.82, 2.24) is 15.5 Å². The first-order valence-electron chi connectivity index (χ1n) is 9.35. The summed E-state index contributed by atoms with van der Waals surface area (Å²) in [6, 6.07) is 12.8. The highest BCUT2D eigenvalue weighted by Gasteiger charge is 2.10. The van der Waals surface area contributed by atoms with Crippen LogP contribution >= 0.6 is 0 Å². The second-order valence-corrected chi connectivity index (χ2v) is 7.02. The average molecular weight is 384 g/mol. The molecule has 0 bridgehead atoms. The van der Waals surface area contributed by atoms with Crippen LogP contribution in [0.15, 0.2) is 47.5 Å². The number of guanidine groups is 1. The normalized spacial score (nSPS) is 12.4. The molecule has 0 saturated heterocycles. The van der Waals surface area contributed by atoms with Crippen LogP contribution in [0.1, 0.15) is 40.0 Å². The van der Waals surface area contributed by atoms with E-state index < -0.39 is 0 Å². The lowest BCUT2D eigenvalue weighted by Gasteiger charge is -2.19. The van der Waals surface area contributed by atoms with Crippen LogP contribution in [0.3, 0.4) is 0 Å². The minimum Gasteiger partial charge on any atom is -0.356 e. The van der Waals surface area contributed by atoms with Crippen LogP contribution in [-0.4, -0.2) is 44.5 Å². The Hall–Kier alpha value is -2.89. The molecule has 0 spiro atoms. The number of hydrogen-bond donors (Lipinski definition) is 2. The van der Waals surface area contributed by atoms with Crippen LogP contribution in [0.2, 0.25) is 0 Å². The molecular weight excluding hydrogens is 355 g/mol. The quantitative estimate of drug-likeness (QED) is 0.593. The molecule has 1 atom stereocenters. The number of carbonyl (C=O) groups excluding carboxylic acids is 1. The summed E-state index contributed by atoms with van der Waals surface area (Å²) in [5.74, 6) is 0.432. The molecule has 0 aliphatic carbocycles. The number of carbonyl (C=O) groups is 1. The fraction of sp³-hybridized carbons (Fsp3) is 0.364. The van der Waals surface area contributed by atoms with E-state index in [-0.39, 0.29) is 17.8 Å². The van der Waals surface area contributed by atoms with Crippen LogP contribution in [0, 0.1) is 12.7 Å². The summed E-state index contributed by atoms with van der Waals surface area (Å²) in [6.07, 6.45) is 0.753. The first kappa shape index (κ1) is 21.4. The van der Waals surface area contributed by atoms with Gasteiger partial charge < -0.3 is 15.5 Å². The fourth-order valence-electron chi connectivity index (χ4n) is 2.80. The standard InChI is InChI=1S/C22H29FN4O/c1-15-9-10-18(14-20(15)23)16(2)26-22(24-3)25-12-11-17-7-6-8-19(13-17)21(28)27(4)5/h6-10,13-14,16H,11-12H2,1-5H3,(H2,24,25,26). The number of halogens is 1. The van der Waals surface area contributed by atoms with Crippen LogP contribution in [0.5, 0.6) is 0 Å². The summed E-state index contributed by atoms with van der Waals surface area (Å²) in [7, 11) is 5.19. The number of aryl methyl sites for hydroxylation is 1. The van der Waals surface area contributed by atoms with E-state index in [1.165, 1.54) is 0 Å². The maximum atomic E-state index is 13.8. The topological polar surface area (TPSA) is 56.7 Å². The predicted molar refractivity (Wildman–Crippen MR) is 112 cm³/mol. The SMILES string of the molecule is CN=C(NCCc1cccc(C(=O)N(C)C)c1)NC(C)c1ccc(C)c(F)c1. The number of aliphatic imine (C=N–C) groups is 1. The molecule has 6 heteroatoms. The molecule has 5 nitrogen and oxygen atoms in total. The third kappa shape index (κ3) is 5.81. The van der Waals surface area contributed by atoms with Crippen LogP contribution in [0.4, 0.5) is 4.39 Å². The minimum atomic E-state index is -0.207. The van der Waals surface area contributed by atoms with E-state index in [9.17, 15) is 9.18 Å². The van der Waals surface area contributed by atoms with Crippen LogP contribution in [-0.2, 0) is 6.42 Å². The second kappa shape index (κ2) is 9.88. The van der Waals surface area contributed by atoms with Crippen molar-refractivity contribution in [2.45, 2.75) is 26.3 Å². The van der Waals surface area contributed by atoms with Gasteiger partial charge in [0.25, 0.3) is 5.91 Å². The number of nitrogens with one attached hydrogen (secondary N) is 2. The Morgan fingerprint density at radius 2 is 1.96 bits per heavy atom. The van der Waals surface area contributed by atoms with Crippen LogP contribution < -0.4 is 10.6 Å². The third-order valence-electron chi connectivity index (χ3n) is 4.56. The molecule has 0 aromatic heterocycles. The van der Waals surface area contributed by atoms with E-state index in [4.69, 9.17) is 0 Å². The monoisotopic (exact) mass is 384 g/mol. The molecule has 1 amide bonds. The van der Waals surface area contributed by atoms with Gasteiger partial charge in [-0.1, -0.05) is 24.3 Å². The first-order chi connectivity index (χ1) is 13.3. The molecule has 150 valence electrons. The van der Waals surface area contributed by atoms with E-state index >= 15 is 0 Å². The van der Waals surface area contributed by atoms with E-state index in [1.807, 2.05) is 37.3 Å². The Kier molecular flexibility index (Phi) is 7.55. The van der Waals surface area contributed by atoms with Gasteiger partial charge in [-0.25, -0.2) is 4.39 Å². The largest absolute Gasteiger partial charge is 0.356 e. The molecule has 1 unspecified atom stereocenters. The fourth-order valence-corrected chi connectivity index (χ4v) is 2.80. The number of hydrogen-bond acceptors (Lipinski definition) is 2. The molecule has 2 N–H and O–H groups in total. The molecule has 0 heterocycles. The van der Waals surface area contributed by atoms with Crippen molar-refractivity contribution in [3.63, 3.8) is 0 Å². The second-order valence-electron chi connectivity index (χ2n) is 7.02. The van der Waals surface area contributed by atoms with Gasteiger partial charge in [0.15, 0.2) is 5.96 Å². The molecular formula is C22H29FN4O. The van der Waals surface area contributed by atoms with Gasteiger partial charge in [-0.3, -0.25) is 9.79 Å². The van der Waals surface area contributed by atoms with Gasteiger partial charge in [0.1, 0.15) is 5.82 Å². The molecule has 0 fully saturated rings. The molecule has 2 aromatic rings. The Bertz CT molecular complexity index is 848. The Labute approximate surface area is 166 Å². The maximum Gasteiger partial charge on any atom is 0.253 e. The zero-order chi connectivity index (χ0) is 20.7. The highest BCUT2D eigenvalue weighted by Crippen LogP contribution is 2.16. The van der Waals surface area contributed by atoms with Crippen molar-refractivity contribution in [3.8, 4) is 0 Å². The molecule has 0 radical (unpaired) electrons.